The van der Waals surface area contributed by atoms with Crippen molar-refractivity contribution >= 4 is 34.4 Å². The number of amides is 3. The molecular weight excluding hydrogens is 400 g/mol. The van der Waals surface area contributed by atoms with E-state index >= 15 is 0 Å². The molecule has 6 nitrogen and oxygen atoms in total. The average molecular weight is 425 g/mol. The maximum absolute atomic E-state index is 12.8. The first-order chi connectivity index (χ1) is 14.5. The molecule has 0 saturated carbocycles. The molecule has 1 fully saturated rings. The highest BCUT2D eigenvalue weighted by Gasteiger charge is 2.25. The second kappa shape index (κ2) is 8.79. The summed E-state index contributed by atoms with van der Waals surface area (Å²) in [6.07, 6.45) is 2.27. The fourth-order valence-corrected chi connectivity index (χ4v) is 4.19. The fourth-order valence-electron chi connectivity index (χ4n) is 3.89. The molecule has 1 saturated heterocycles. The Morgan fingerprint density at radius 2 is 1.70 bits per heavy atom. The third kappa shape index (κ3) is 4.28. The van der Waals surface area contributed by atoms with Gasteiger partial charge in [0, 0.05) is 48.3 Å². The normalized spacial score (nSPS) is 15.3. The zero-order valence-electron chi connectivity index (χ0n) is 16.9. The third-order valence-corrected chi connectivity index (χ3v) is 5.99. The van der Waals surface area contributed by atoms with E-state index in [1.54, 1.807) is 4.90 Å². The molecule has 2 N–H and O–H groups in total. The summed E-state index contributed by atoms with van der Waals surface area (Å²) in [6, 6.07) is 15.2. The van der Waals surface area contributed by atoms with Crippen LogP contribution in [0.4, 0.5) is 4.79 Å². The van der Waals surface area contributed by atoms with Crippen molar-refractivity contribution in [1.29, 1.82) is 0 Å². The molecule has 3 amide bonds. The lowest BCUT2D eigenvalue weighted by atomic mass is 10.1. The Hall–Kier alpha value is -2.99. The highest BCUT2D eigenvalue weighted by Crippen LogP contribution is 2.22. The summed E-state index contributed by atoms with van der Waals surface area (Å²) in [7, 11) is 0. The van der Waals surface area contributed by atoms with Crippen LogP contribution in [0.1, 0.15) is 24.1 Å². The molecule has 1 atom stereocenters. The van der Waals surface area contributed by atoms with Crippen LogP contribution in [0.5, 0.6) is 0 Å². The Morgan fingerprint density at radius 3 is 2.47 bits per heavy atom. The smallest absolute Gasteiger partial charge is 0.317 e. The Labute approximate surface area is 180 Å². The molecule has 7 heteroatoms. The van der Waals surface area contributed by atoms with Gasteiger partial charge in [-0.05, 0) is 30.2 Å². The predicted octanol–water partition coefficient (Wildman–Crippen LogP) is 3.98. The molecular formula is C23H25ClN4O2. The number of hydrogen-bond acceptors (Lipinski definition) is 2. The van der Waals surface area contributed by atoms with E-state index in [4.69, 9.17) is 11.6 Å². The van der Waals surface area contributed by atoms with E-state index in [2.05, 4.69) is 10.3 Å². The molecule has 30 heavy (non-hydrogen) atoms. The lowest BCUT2D eigenvalue weighted by molar-refractivity contribution is -0.131. The van der Waals surface area contributed by atoms with Crippen LogP contribution in [0, 0.1) is 0 Å². The number of H-pyrrole nitrogens is 1. The molecule has 2 aromatic carbocycles. The summed E-state index contributed by atoms with van der Waals surface area (Å²) < 4.78 is 0. The number of rotatable bonds is 4. The SMILES string of the molecule is CC(NC(=O)N1CCN(C(=O)Cc2c[nH]c3ccccc23)CC1)c1ccccc1Cl. The van der Waals surface area contributed by atoms with E-state index in [9.17, 15) is 9.59 Å². The first kappa shape index (κ1) is 20.3. The molecule has 156 valence electrons. The van der Waals surface area contributed by atoms with Crippen LogP contribution >= 0.6 is 11.6 Å². The van der Waals surface area contributed by atoms with Crippen LogP contribution in [-0.4, -0.2) is 52.9 Å². The van der Waals surface area contributed by atoms with E-state index in [0.717, 1.165) is 22.0 Å². The highest BCUT2D eigenvalue weighted by molar-refractivity contribution is 6.31. The molecule has 0 bridgehead atoms. The second-order valence-electron chi connectivity index (χ2n) is 7.60. The van der Waals surface area contributed by atoms with Gasteiger partial charge >= 0.3 is 6.03 Å². The lowest BCUT2D eigenvalue weighted by Crippen LogP contribution is -2.53. The topological polar surface area (TPSA) is 68.4 Å². The number of nitrogens with one attached hydrogen (secondary N) is 2. The molecule has 1 aliphatic rings. The van der Waals surface area contributed by atoms with Gasteiger partial charge < -0.3 is 20.1 Å². The number of hydrogen-bond donors (Lipinski definition) is 2. The van der Waals surface area contributed by atoms with Crippen molar-refractivity contribution < 1.29 is 9.59 Å². The molecule has 0 aliphatic carbocycles. The molecule has 0 spiro atoms. The number of carbonyl (C=O) groups is 2. The molecule has 1 aliphatic heterocycles. The summed E-state index contributed by atoms with van der Waals surface area (Å²) in [5.74, 6) is 0.0873. The van der Waals surface area contributed by atoms with Gasteiger partial charge in [0.1, 0.15) is 0 Å². The van der Waals surface area contributed by atoms with E-state index in [1.165, 1.54) is 0 Å². The van der Waals surface area contributed by atoms with Gasteiger partial charge in [-0.1, -0.05) is 48.0 Å². The average Bonchev–Trinajstić information content (AvgIpc) is 3.17. The minimum absolute atomic E-state index is 0.0873. The molecule has 2 heterocycles. The number of carbonyl (C=O) groups excluding carboxylic acids is 2. The van der Waals surface area contributed by atoms with Crippen molar-refractivity contribution in [3.05, 3.63) is 70.9 Å². The van der Waals surface area contributed by atoms with E-state index in [-0.39, 0.29) is 18.0 Å². The van der Waals surface area contributed by atoms with Gasteiger partial charge in [0.15, 0.2) is 0 Å². The molecule has 4 rings (SSSR count). The molecule has 1 unspecified atom stereocenters. The van der Waals surface area contributed by atoms with Gasteiger partial charge in [0.25, 0.3) is 0 Å². The zero-order chi connectivity index (χ0) is 21.1. The minimum atomic E-state index is -0.187. The Morgan fingerprint density at radius 1 is 1.03 bits per heavy atom. The van der Waals surface area contributed by atoms with Crippen molar-refractivity contribution in [2.75, 3.05) is 26.2 Å². The van der Waals surface area contributed by atoms with Gasteiger partial charge in [-0.15, -0.1) is 0 Å². The quantitative estimate of drug-likeness (QED) is 0.665. The molecule has 3 aromatic rings. The number of halogens is 1. The van der Waals surface area contributed by atoms with Crippen molar-refractivity contribution in [2.45, 2.75) is 19.4 Å². The van der Waals surface area contributed by atoms with Crippen LogP contribution in [0.25, 0.3) is 10.9 Å². The maximum Gasteiger partial charge on any atom is 0.317 e. The predicted molar refractivity (Wildman–Crippen MR) is 119 cm³/mol. The van der Waals surface area contributed by atoms with Crippen LogP contribution in [0.3, 0.4) is 0 Å². The summed E-state index contributed by atoms with van der Waals surface area (Å²) >= 11 is 6.23. The molecule has 1 aromatic heterocycles. The lowest BCUT2D eigenvalue weighted by Gasteiger charge is -2.35. The van der Waals surface area contributed by atoms with Crippen LogP contribution in [0.2, 0.25) is 5.02 Å². The fraction of sp³-hybridized carbons (Fsp3) is 0.304. The zero-order valence-corrected chi connectivity index (χ0v) is 17.7. The number of para-hydroxylation sites is 1. The molecule has 0 radical (unpaired) electrons. The highest BCUT2D eigenvalue weighted by atomic mass is 35.5. The van der Waals surface area contributed by atoms with Crippen molar-refractivity contribution in [3.8, 4) is 0 Å². The van der Waals surface area contributed by atoms with Crippen LogP contribution < -0.4 is 5.32 Å². The number of urea groups is 1. The van der Waals surface area contributed by atoms with Crippen molar-refractivity contribution in [2.24, 2.45) is 0 Å². The Bertz CT molecular complexity index is 1060. The number of benzene rings is 2. The summed E-state index contributed by atoms with van der Waals surface area (Å²) in [5, 5.41) is 4.72. The summed E-state index contributed by atoms with van der Waals surface area (Å²) in [4.78, 5) is 32.2. The third-order valence-electron chi connectivity index (χ3n) is 5.65. The summed E-state index contributed by atoms with van der Waals surface area (Å²) in [5.41, 5.74) is 2.93. The van der Waals surface area contributed by atoms with Gasteiger partial charge in [-0.3, -0.25) is 4.79 Å². The number of fused-ring (bicyclic) bond motifs is 1. The van der Waals surface area contributed by atoms with Gasteiger partial charge in [0.05, 0.1) is 12.5 Å². The Balaban J connectivity index is 1.30. The van der Waals surface area contributed by atoms with Crippen molar-refractivity contribution in [3.63, 3.8) is 0 Å². The summed E-state index contributed by atoms with van der Waals surface area (Å²) in [6.45, 7) is 4.02. The maximum atomic E-state index is 12.8. The largest absolute Gasteiger partial charge is 0.361 e. The van der Waals surface area contributed by atoms with Gasteiger partial charge in [-0.25, -0.2) is 4.79 Å². The number of nitrogens with zero attached hydrogens (tertiary/aromatic N) is 2. The number of piperazine rings is 1. The standard InChI is InChI=1S/C23H25ClN4O2/c1-16(18-6-2-4-8-20(18)24)26-23(30)28-12-10-27(11-13-28)22(29)14-17-15-25-21-9-5-3-7-19(17)21/h2-9,15-16,25H,10-14H2,1H3,(H,26,30). The van der Waals surface area contributed by atoms with Crippen molar-refractivity contribution in [1.82, 2.24) is 20.1 Å². The monoisotopic (exact) mass is 424 g/mol. The first-order valence-electron chi connectivity index (χ1n) is 10.2. The van der Waals surface area contributed by atoms with E-state index in [1.807, 2.05) is 66.6 Å². The van der Waals surface area contributed by atoms with Gasteiger partial charge in [-0.2, -0.15) is 0 Å². The van der Waals surface area contributed by atoms with E-state index < -0.39 is 0 Å². The van der Waals surface area contributed by atoms with Crippen LogP contribution in [0.15, 0.2) is 54.7 Å². The van der Waals surface area contributed by atoms with Crippen LogP contribution in [-0.2, 0) is 11.2 Å². The number of aromatic amines is 1. The Kier molecular flexibility index (Phi) is 5.95. The number of aromatic nitrogens is 1. The first-order valence-corrected chi connectivity index (χ1v) is 10.5. The van der Waals surface area contributed by atoms with E-state index in [0.29, 0.717) is 37.6 Å². The minimum Gasteiger partial charge on any atom is -0.361 e. The van der Waals surface area contributed by atoms with Gasteiger partial charge in [0.2, 0.25) is 5.91 Å². The second-order valence-corrected chi connectivity index (χ2v) is 8.00.